The van der Waals surface area contributed by atoms with Gasteiger partial charge in [-0.3, -0.25) is 4.79 Å². The SMILES string of the molecule is C.C[C@H]1Cn2c(-c3ccc(CN(C)C)cc3)nc3cccc(c32)C(=O)N1. The fourth-order valence-corrected chi connectivity index (χ4v) is 3.51. The molecule has 3 aromatic rings. The molecule has 1 aliphatic heterocycles. The van der Waals surface area contributed by atoms with Crippen LogP contribution in [0.2, 0.25) is 0 Å². The zero-order valence-corrected chi connectivity index (χ0v) is 14.8. The van der Waals surface area contributed by atoms with Crippen molar-refractivity contribution in [2.24, 2.45) is 0 Å². The number of carbonyl (C=O) groups is 1. The van der Waals surface area contributed by atoms with Gasteiger partial charge in [-0.1, -0.05) is 37.8 Å². The first kappa shape index (κ1) is 18.1. The number of nitrogens with zero attached hydrogens (tertiary/aromatic N) is 3. The summed E-state index contributed by atoms with van der Waals surface area (Å²) in [5, 5.41) is 3.05. The number of nitrogens with one attached hydrogen (secondary N) is 1. The van der Waals surface area contributed by atoms with Gasteiger partial charge in [0.1, 0.15) is 5.82 Å². The molecule has 1 N–H and O–H groups in total. The highest BCUT2D eigenvalue weighted by molar-refractivity contribution is 6.06. The number of imidazole rings is 1. The molecular formula is C21H26N4O. The minimum Gasteiger partial charge on any atom is -0.348 e. The maximum atomic E-state index is 12.4. The monoisotopic (exact) mass is 350 g/mol. The predicted molar refractivity (Wildman–Crippen MR) is 106 cm³/mol. The standard InChI is InChI=1S/C20H22N4O.CH4/c1-13-11-24-18-16(20(25)21-13)5-4-6-17(18)22-19(24)15-9-7-14(8-10-15)12-23(2)3;/h4-10,13H,11-12H2,1-3H3,(H,21,25);1H4/t13-;/m0./s1. The molecule has 5 heteroatoms. The van der Waals surface area contributed by atoms with Crippen LogP contribution in [-0.4, -0.2) is 40.5 Å². The number of hydrogen-bond donors (Lipinski definition) is 1. The molecule has 0 aliphatic carbocycles. The summed E-state index contributed by atoms with van der Waals surface area (Å²) >= 11 is 0. The van der Waals surface area contributed by atoms with Gasteiger partial charge in [-0.05, 0) is 38.7 Å². The van der Waals surface area contributed by atoms with E-state index in [0.717, 1.165) is 29.0 Å². The van der Waals surface area contributed by atoms with Crippen molar-refractivity contribution in [2.75, 3.05) is 14.1 Å². The van der Waals surface area contributed by atoms with Crippen molar-refractivity contribution in [3.63, 3.8) is 0 Å². The first-order valence-electron chi connectivity index (χ1n) is 8.57. The molecule has 1 aromatic heterocycles. The number of benzene rings is 2. The summed E-state index contributed by atoms with van der Waals surface area (Å²) in [4.78, 5) is 19.4. The Labute approximate surface area is 154 Å². The van der Waals surface area contributed by atoms with Crippen LogP contribution in [0.15, 0.2) is 42.5 Å². The van der Waals surface area contributed by atoms with Crippen LogP contribution >= 0.6 is 0 Å². The summed E-state index contributed by atoms with van der Waals surface area (Å²) in [6, 6.07) is 14.3. The van der Waals surface area contributed by atoms with Gasteiger partial charge < -0.3 is 14.8 Å². The van der Waals surface area contributed by atoms with Crippen LogP contribution < -0.4 is 5.32 Å². The van der Waals surface area contributed by atoms with Gasteiger partial charge in [0.15, 0.2) is 0 Å². The zero-order chi connectivity index (χ0) is 17.6. The molecule has 26 heavy (non-hydrogen) atoms. The molecule has 0 fully saturated rings. The van der Waals surface area contributed by atoms with Gasteiger partial charge in [-0.25, -0.2) is 4.98 Å². The Balaban J connectivity index is 0.00000196. The lowest BCUT2D eigenvalue weighted by Crippen LogP contribution is -2.33. The normalized spacial score (nSPS) is 16.3. The average Bonchev–Trinajstić information content (AvgIpc) is 2.87. The van der Waals surface area contributed by atoms with Crippen LogP contribution in [0, 0.1) is 0 Å². The van der Waals surface area contributed by atoms with Gasteiger partial charge in [0.25, 0.3) is 5.91 Å². The topological polar surface area (TPSA) is 50.2 Å². The van der Waals surface area contributed by atoms with Gasteiger partial charge in [-0.15, -0.1) is 0 Å². The fraction of sp³-hybridized carbons (Fsp3) is 0.333. The number of rotatable bonds is 3. The van der Waals surface area contributed by atoms with Crippen molar-refractivity contribution >= 4 is 16.9 Å². The highest BCUT2D eigenvalue weighted by Crippen LogP contribution is 2.29. The molecule has 1 atom stereocenters. The zero-order valence-electron chi connectivity index (χ0n) is 14.8. The Hall–Kier alpha value is -2.66. The highest BCUT2D eigenvalue weighted by Gasteiger charge is 2.24. The Kier molecular flexibility index (Phi) is 4.83. The predicted octanol–water partition coefficient (Wildman–Crippen LogP) is 3.53. The van der Waals surface area contributed by atoms with Crippen molar-refractivity contribution in [3.05, 3.63) is 53.6 Å². The minimum atomic E-state index is -0.0235. The van der Waals surface area contributed by atoms with Crippen molar-refractivity contribution < 1.29 is 4.79 Å². The van der Waals surface area contributed by atoms with Gasteiger partial charge in [0.2, 0.25) is 0 Å². The van der Waals surface area contributed by atoms with E-state index < -0.39 is 0 Å². The molecule has 0 unspecified atom stereocenters. The second-order valence-corrected chi connectivity index (χ2v) is 7.03. The Morgan fingerprint density at radius 1 is 1.19 bits per heavy atom. The molecular weight excluding hydrogens is 324 g/mol. The highest BCUT2D eigenvalue weighted by atomic mass is 16.1. The van der Waals surface area contributed by atoms with Crippen LogP contribution in [0.3, 0.4) is 0 Å². The van der Waals surface area contributed by atoms with E-state index in [4.69, 9.17) is 4.98 Å². The van der Waals surface area contributed by atoms with Crippen molar-refractivity contribution in [1.29, 1.82) is 0 Å². The number of amides is 1. The molecule has 1 amide bonds. The molecule has 0 saturated heterocycles. The van der Waals surface area contributed by atoms with Gasteiger partial charge in [-0.2, -0.15) is 0 Å². The molecule has 136 valence electrons. The smallest absolute Gasteiger partial charge is 0.253 e. The summed E-state index contributed by atoms with van der Waals surface area (Å²) in [5.41, 5.74) is 4.84. The molecule has 2 heterocycles. The number of aromatic nitrogens is 2. The lowest BCUT2D eigenvalue weighted by Gasteiger charge is -2.14. The van der Waals surface area contributed by atoms with Crippen LogP contribution in [-0.2, 0) is 13.1 Å². The van der Waals surface area contributed by atoms with E-state index in [0.29, 0.717) is 12.1 Å². The summed E-state index contributed by atoms with van der Waals surface area (Å²) in [6.45, 7) is 3.66. The van der Waals surface area contributed by atoms with E-state index in [1.807, 2.05) is 25.1 Å². The van der Waals surface area contributed by atoms with Gasteiger partial charge in [0, 0.05) is 24.7 Å². The van der Waals surface area contributed by atoms with Crippen LogP contribution in [0.25, 0.3) is 22.4 Å². The maximum Gasteiger partial charge on any atom is 0.253 e. The Bertz CT molecular complexity index is 941. The molecule has 0 saturated carbocycles. The molecule has 4 rings (SSSR count). The van der Waals surface area contributed by atoms with Crippen LogP contribution in [0.1, 0.15) is 30.3 Å². The van der Waals surface area contributed by atoms with E-state index in [1.54, 1.807) is 0 Å². The second kappa shape index (κ2) is 6.92. The quantitative estimate of drug-likeness (QED) is 0.786. The van der Waals surface area contributed by atoms with E-state index in [-0.39, 0.29) is 19.4 Å². The maximum absolute atomic E-state index is 12.4. The minimum absolute atomic E-state index is 0. The second-order valence-electron chi connectivity index (χ2n) is 7.03. The molecule has 2 aromatic carbocycles. The molecule has 1 aliphatic rings. The van der Waals surface area contributed by atoms with Crippen LogP contribution in [0.4, 0.5) is 0 Å². The average molecular weight is 350 g/mol. The number of carbonyl (C=O) groups excluding carboxylic acids is 1. The summed E-state index contributed by atoms with van der Waals surface area (Å²) in [5.74, 6) is 0.895. The third-order valence-corrected chi connectivity index (χ3v) is 4.56. The summed E-state index contributed by atoms with van der Waals surface area (Å²) in [6.07, 6.45) is 0. The van der Waals surface area contributed by atoms with E-state index in [2.05, 4.69) is 53.1 Å². The Morgan fingerprint density at radius 2 is 1.92 bits per heavy atom. The van der Waals surface area contributed by atoms with E-state index in [1.165, 1.54) is 5.56 Å². The lowest BCUT2D eigenvalue weighted by molar-refractivity contribution is 0.0942. The lowest BCUT2D eigenvalue weighted by atomic mass is 10.1. The van der Waals surface area contributed by atoms with Crippen molar-refractivity contribution in [2.45, 2.75) is 33.5 Å². The third-order valence-electron chi connectivity index (χ3n) is 4.56. The van der Waals surface area contributed by atoms with E-state index >= 15 is 0 Å². The largest absolute Gasteiger partial charge is 0.348 e. The molecule has 0 bridgehead atoms. The van der Waals surface area contributed by atoms with Crippen molar-refractivity contribution in [3.8, 4) is 11.4 Å². The van der Waals surface area contributed by atoms with Gasteiger partial charge >= 0.3 is 0 Å². The molecule has 0 spiro atoms. The summed E-state index contributed by atoms with van der Waals surface area (Å²) in [7, 11) is 4.13. The van der Waals surface area contributed by atoms with E-state index in [9.17, 15) is 4.79 Å². The van der Waals surface area contributed by atoms with Crippen molar-refractivity contribution in [1.82, 2.24) is 19.8 Å². The molecule has 0 radical (unpaired) electrons. The first-order valence-corrected chi connectivity index (χ1v) is 8.57. The Morgan fingerprint density at radius 3 is 2.62 bits per heavy atom. The fourth-order valence-electron chi connectivity index (χ4n) is 3.51. The number of hydrogen-bond acceptors (Lipinski definition) is 3. The van der Waals surface area contributed by atoms with Crippen LogP contribution in [0.5, 0.6) is 0 Å². The first-order chi connectivity index (χ1) is 12.0. The van der Waals surface area contributed by atoms with Gasteiger partial charge in [0.05, 0.1) is 16.6 Å². The summed E-state index contributed by atoms with van der Waals surface area (Å²) < 4.78 is 2.17. The molecule has 5 nitrogen and oxygen atoms in total. The third kappa shape index (κ3) is 3.10. The number of para-hydroxylation sites is 1.